The molecule has 4 N–H and O–H groups in total. The second-order valence-corrected chi connectivity index (χ2v) is 6.56. The summed E-state index contributed by atoms with van der Waals surface area (Å²) in [5.74, 6) is 0. The van der Waals surface area contributed by atoms with E-state index < -0.39 is 11.7 Å². The molecule has 1 unspecified atom stereocenters. The van der Waals surface area contributed by atoms with Crippen molar-refractivity contribution in [2.45, 2.75) is 70.0 Å². The molecular formula is C18H29NO2. The van der Waals surface area contributed by atoms with E-state index >= 15 is 0 Å². The van der Waals surface area contributed by atoms with Crippen LogP contribution in [0.2, 0.25) is 0 Å². The zero-order chi connectivity index (χ0) is 15.3. The van der Waals surface area contributed by atoms with E-state index in [1.54, 1.807) is 0 Å². The number of aryl methyl sites for hydroxylation is 2. The zero-order valence-corrected chi connectivity index (χ0v) is 13.1. The number of aliphatic hydroxyl groups excluding tert-OH is 1. The van der Waals surface area contributed by atoms with Crippen LogP contribution >= 0.6 is 0 Å². The first kappa shape index (κ1) is 16.5. The summed E-state index contributed by atoms with van der Waals surface area (Å²) in [6.07, 6.45) is 7.22. The van der Waals surface area contributed by atoms with E-state index in [2.05, 4.69) is 19.1 Å². The van der Waals surface area contributed by atoms with Crippen molar-refractivity contribution < 1.29 is 10.2 Å². The topological polar surface area (TPSA) is 66.5 Å². The Morgan fingerprint density at radius 3 is 2.62 bits per heavy atom. The zero-order valence-electron chi connectivity index (χ0n) is 13.1. The second kappa shape index (κ2) is 7.39. The average Bonchev–Trinajstić information content (AvgIpc) is 2.47. The first-order valence-electron chi connectivity index (χ1n) is 8.24. The largest absolute Gasteiger partial charge is 0.390 e. The first-order valence-corrected chi connectivity index (χ1v) is 8.24. The van der Waals surface area contributed by atoms with Gasteiger partial charge in [-0.25, -0.2) is 0 Å². The van der Waals surface area contributed by atoms with Crippen LogP contribution in [0, 0.1) is 6.92 Å². The minimum atomic E-state index is -0.480. The fraction of sp³-hybridized carbons (Fsp3) is 0.667. The number of rotatable bonds is 6. The number of hydrogen-bond donors (Lipinski definition) is 3. The summed E-state index contributed by atoms with van der Waals surface area (Å²) in [4.78, 5) is 0. The van der Waals surface area contributed by atoms with Gasteiger partial charge in [0, 0.05) is 0 Å². The molecule has 3 nitrogen and oxygen atoms in total. The van der Waals surface area contributed by atoms with Crippen molar-refractivity contribution in [1.82, 2.24) is 0 Å². The lowest BCUT2D eigenvalue weighted by molar-refractivity contribution is -0.00344. The molecule has 1 aliphatic rings. The molecule has 1 fully saturated rings. The van der Waals surface area contributed by atoms with Gasteiger partial charge < -0.3 is 15.9 Å². The van der Waals surface area contributed by atoms with E-state index in [1.165, 1.54) is 17.5 Å². The van der Waals surface area contributed by atoms with Crippen LogP contribution in [-0.4, -0.2) is 22.4 Å². The molecule has 21 heavy (non-hydrogen) atoms. The van der Waals surface area contributed by atoms with E-state index in [-0.39, 0.29) is 0 Å². The molecule has 0 bridgehead atoms. The number of benzene rings is 1. The fourth-order valence-corrected chi connectivity index (χ4v) is 3.32. The lowest BCUT2D eigenvalue weighted by Gasteiger charge is -2.32. The number of hydrogen-bond acceptors (Lipinski definition) is 3. The summed E-state index contributed by atoms with van der Waals surface area (Å²) < 4.78 is 0. The van der Waals surface area contributed by atoms with Crippen LogP contribution in [0.5, 0.6) is 0 Å². The fourth-order valence-electron chi connectivity index (χ4n) is 3.32. The van der Waals surface area contributed by atoms with Crippen molar-refractivity contribution >= 4 is 0 Å². The Bertz CT molecular complexity index is 453. The van der Waals surface area contributed by atoms with Crippen LogP contribution in [0.25, 0.3) is 0 Å². The van der Waals surface area contributed by atoms with Crippen LogP contribution in [0.1, 0.15) is 67.7 Å². The monoisotopic (exact) mass is 291 g/mol. The highest BCUT2D eigenvalue weighted by atomic mass is 16.3. The molecule has 0 aromatic heterocycles. The third kappa shape index (κ3) is 4.53. The molecule has 0 aliphatic heterocycles. The van der Waals surface area contributed by atoms with E-state index in [0.717, 1.165) is 44.1 Å². The Kier molecular flexibility index (Phi) is 5.80. The molecule has 2 rings (SSSR count). The summed E-state index contributed by atoms with van der Waals surface area (Å²) in [5, 5.41) is 20.7. The van der Waals surface area contributed by atoms with Crippen molar-refractivity contribution in [2.24, 2.45) is 5.73 Å². The van der Waals surface area contributed by atoms with Gasteiger partial charge in [-0.2, -0.15) is 0 Å². The third-order valence-electron chi connectivity index (χ3n) is 4.84. The van der Waals surface area contributed by atoms with Gasteiger partial charge in [-0.05, 0) is 62.3 Å². The Morgan fingerprint density at radius 2 is 1.95 bits per heavy atom. The van der Waals surface area contributed by atoms with Crippen LogP contribution in [0.15, 0.2) is 18.2 Å². The summed E-state index contributed by atoms with van der Waals surface area (Å²) >= 11 is 0. The van der Waals surface area contributed by atoms with Crippen molar-refractivity contribution in [3.8, 4) is 0 Å². The average molecular weight is 291 g/mol. The minimum absolute atomic E-state index is 0.476. The number of aliphatic hydroxyl groups is 2. The molecule has 1 aliphatic carbocycles. The maximum Gasteiger partial charge on any atom is 0.0802 e. The van der Waals surface area contributed by atoms with E-state index in [4.69, 9.17) is 5.73 Å². The number of nitrogens with two attached hydrogens (primary N) is 1. The van der Waals surface area contributed by atoms with Gasteiger partial charge in [-0.1, -0.05) is 37.5 Å². The van der Waals surface area contributed by atoms with Crippen molar-refractivity contribution in [2.75, 3.05) is 6.54 Å². The molecule has 1 aromatic rings. The van der Waals surface area contributed by atoms with Crippen LogP contribution in [0.3, 0.4) is 0 Å². The van der Waals surface area contributed by atoms with Crippen molar-refractivity contribution in [3.05, 3.63) is 34.9 Å². The summed E-state index contributed by atoms with van der Waals surface area (Å²) in [6.45, 7) is 2.59. The van der Waals surface area contributed by atoms with E-state index in [0.29, 0.717) is 13.0 Å². The molecule has 118 valence electrons. The second-order valence-electron chi connectivity index (χ2n) is 6.56. The maximum absolute atomic E-state index is 10.6. The smallest absolute Gasteiger partial charge is 0.0802 e. The SMILES string of the molecule is Cc1ccc(C(O)CCN)cc1CCC1(O)CCCCC1. The van der Waals surface area contributed by atoms with Crippen LogP contribution in [-0.2, 0) is 6.42 Å². The predicted molar refractivity (Wildman–Crippen MR) is 86.2 cm³/mol. The highest BCUT2D eigenvalue weighted by Crippen LogP contribution is 2.32. The highest BCUT2D eigenvalue weighted by molar-refractivity contribution is 5.32. The van der Waals surface area contributed by atoms with Gasteiger partial charge in [-0.3, -0.25) is 0 Å². The molecule has 0 amide bonds. The van der Waals surface area contributed by atoms with E-state index in [9.17, 15) is 10.2 Å². The van der Waals surface area contributed by atoms with Gasteiger partial charge >= 0.3 is 0 Å². The molecule has 0 spiro atoms. The molecule has 3 heteroatoms. The standard InChI is InChI=1S/C18H29NO2/c1-14-5-6-16(17(20)8-12-19)13-15(14)7-11-18(21)9-3-2-4-10-18/h5-6,13,17,20-21H,2-4,7-12,19H2,1H3. The maximum atomic E-state index is 10.6. The van der Waals surface area contributed by atoms with Gasteiger partial charge in [0.05, 0.1) is 11.7 Å². The van der Waals surface area contributed by atoms with Crippen LogP contribution in [0.4, 0.5) is 0 Å². The molecule has 0 heterocycles. The Labute approximate surface area is 128 Å². The van der Waals surface area contributed by atoms with Gasteiger partial charge in [0.25, 0.3) is 0 Å². The van der Waals surface area contributed by atoms with Gasteiger partial charge in [0.2, 0.25) is 0 Å². The molecule has 0 saturated heterocycles. The van der Waals surface area contributed by atoms with Crippen LogP contribution < -0.4 is 5.73 Å². The van der Waals surface area contributed by atoms with E-state index in [1.807, 2.05) is 6.07 Å². The molecule has 1 atom stereocenters. The first-order chi connectivity index (χ1) is 10.0. The minimum Gasteiger partial charge on any atom is -0.390 e. The lowest BCUT2D eigenvalue weighted by Crippen LogP contribution is -2.31. The lowest BCUT2D eigenvalue weighted by atomic mass is 9.80. The Balaban J connectivity index is 2.03. The summed E-state index contributed by atoms with van der Waals surface area (Å²) in [5.41, 5.74) is 8.45. The van der Waals surface area contributed by atoms with Gasteiger partial charge in [0.15, 0.2) is 0 Å². The molecular weight excluding hydrogens is 262 g/mol. The Morgan fingerprint density at radius 1 is 1.24 bits per heavy atom. The summed E-state index contributed by atoms with van der Waals surface area (Å²) in [6, 6.07) is 6.13. The highest BCUT2D eigenvalue weighted by Gasteiger charge is 2.28. The molecule has 1 saturated carbocycles. The quantitative estimate of drug-likeness (QED) is 0.755. The van der Waals surface area contributed by atoms with Crippen molar-refractivity contribution in [1.29, 1.82) is 0 Å². The van der Waals surface area contributed by atoms with Gasteiger partial charge in [-0.15, -0.1) is 0 Å². The summed E-state index contributed by atoms with van der Waals surface area (Å²) in [7, 11) is 0. The third-order valence-corrected chi connectivity index (χ3v) is 4.84. The molecule has 1 aromatic carbocycles. The predicted octanol–water partition coefficient (Wildman–Crippen LogP) is 3.01. The van der Waals surface area contributed by atoms with Crippen molar-refractivity contribution in [3.63, 3.8) is 0 Å². The normalized spacial score (nSPS) is 19.4. The van der Waals surface area contributed by atoms with Gasteiger partial charge in [0.1, 0.15) is 0 Å². The molecule has 0 radical (unpaired) electrons. The Hall–Kier alpha value is -0.900.